The molecule has 72 valence electrons. The number of carbonyl (C=O) groups is 1. The van der Waals surface area contributed by atoms with Crippen molar-refractivity contribution in [3.05, 3.63) is 15.0 Å². The molecule has 13 heavy (non-hydrogen) atoms. The normalized spacial score (nSPS) is 10.0. The van der Waals surface area contributed by atoms with E-state index in [1.165, 1.54) is 11.3 Å². The van der Waals surface area contributed by atoms with E-state index in [-0.39, 0.29) is 5.91 Å². The minimum atomic E-state index is -0.0876. The molecular formula is C8H11BrN2OS. The SMILES string of the molecule is CCCCNC(=O)c1csc(Br)n1. The highest BCUT2D eigenvalue weighted by Crippen LogP contribution is 2.15. The molecule has 0 aliphatic carbocycles. The van der Waals surface area contributed by atoms with Gasteiger partial charge in [0.15, 0.2) is 3.92 Å². The number of thiazole rings is 1. The van der Waals surface area contributed by atoms with Gasteiger partial charge in [-0.1, -0.05) is 13.3 Å². The summed E-state index contributed by atoms with van der Waals surface area (Å²) in [6.07, 6.45) is 2.10. The fourth-order valence-electron chi connectivity index (χ4n) is 0.825. The summed E-state index contributed by atoms with van der Waals surface area (Å²) in [7, 11) is 0. The molecule has 0 aliphatic rings. The largest absolute Gasteiger partial charge is 0.351 e. The fourth-order valence-corrected chi connectivity index (χ4v) is 1.82. The summed E-state index contributed by atoms with van der Waals surface area (Å²) in [6, 6.07) is 0. The second kappa shape index (κ2) is 5.34. The van der Waals surface area contributed by atoms with E-state index in [0.29, 0.717) is 5.69 Å². The van der Waals surface area contributed by atoms with Gasteiger partial charge >= 0.3 is 0 Å². The van der Waals surface area contributed by atoms with E-state index in [9.17, 15) is 4.79 Å². The van der Waals surface area contributed by atoms with E-state index in [2.05, 4.69) is 33.2 Å². The average molecular weight is 263 g/mol. The van der Waals surface area contributed by atoms with Gasteiger partial charge in [-0.2, -0.15) is 0 Å². The molecule has 1 aromatic rings. The summed E-state index contributed by atoms with van der Waals surface area (Å²) in [4.78, 5) is 15.4. The summed E-state index contributed by atoms with van der Waals surface area (Å²) in [6.45, 7) is 2.82. The molecule has 1 amide bonds. The van der Waals surface area contributed by atoms with Crippen LogP contribution in [-0.2, 0) is 0 Å². The van der Waals surface area contributed by atoms with Crippen molar-refractivity contribution in [2.45, 2.75) is 19.8 Å². The molecule has 3 nitrogen and oxygen atoms in total. The number of amides is 1. The monoisotopic (exact) mass is 262 g/mol. The standard InChI is InChI=1S/C8H11BrN2OS/c1-2-3-4-10-7(12)6-5-13-8(9)11-6/h5H,2-4H2,1H3,(H,10,12). The van der Waals surface area contributed by atoms with Crippen molar-refractivity contribution in [3.63, 3.8) is 0 Å². The lowest BCUT2D eigenvalue weighted by molar-refractivity contribution is 0.0949. The van der Waals surface area contributed by atoms with Crippen molar-refractivity contribution in [1.29, 1.82) is 0 Å². The Bertz CT molecular complexity index is 287. The maximum absolute atomic E-state index is 11.3. The van der Waals surface area contributed by atoms with Crippen LogP contribution in [-0.4, -0.2) is 17.4 Å². The van der Waals surface area contributed by atoms with Gasteiger partial charge in [-0.3, -0.25) is 4.79 Å². The summed E-state index contributed by atoms with van der Waals surface area (Å²) >= 11 is 4.63. The molecule has 0 radical (unpaired) electrons. The van der Waals surface area contributed by atoms with Crippen molar-refractivity contribution in [2.75, 3.05) is 6.54 Å². The lowest BCUT2D eigenvalue weighted by Crippen LogP contribution is -2.24. The Balaban J connectivity index is 2.40. The van der Waals surface area contributed by atoms with Gasteiger partial charge in [-0.15, -0.1) is 11.3 Å². The highest BCUT2D eigenvalue weighted by Gasteiger charge is 2.07. The van der Waals surface area contributed by atoms with Gasteiger partial charge in [0.25, 0.3) is 5.91 Å². The molecule has 1 N–H and O–H groups in total. The molecule has 0 aliphatic heterocycles. The quantitative estimate of drug-likeness (QED) is 0.848. The van der Waals surface area contributed by atoms with Gasteiger partial charge in [0.2, 0.25) is 0 Å². The van der Waals surface area contributed by atoms with Crippen LogP contribution in [0.5, 0.6) is 0 Å². The Morgan fingerprint density at radius 2 is 2.54 bits per heavy atom. The molecule has 0 atom stereocenters. The second-order valence-electron chi connectivity index (χ2n) is 2.60. The Morgan fingerprint density at radius 1 is 1.77 bits per heavy atom. The number of unbranched alkanes of at least 4 members (excludes halogenated alkanes) is 1. The number of hydrogen-bond donors (Lipinski definition) is 1. The Kier molecular flexibility index (Phi) is 4.38. The van der Waals surface area contributed by atoms with Crippen LogP contribution >= 0.6 is 27.3 Å². The molecule has 0 bridgehead atoms. The first kappa shape index (κ1) is 10.7. The van der Waals surface area contributed by atoms with E-state index in [4.69, 9.17) is 0 Å². The van der Waals surface area contributed by atoms with E-state index in [1.807, 2.05) is 0 Å². The summed E-state index contributed by atoms with van der Waals surface area (Å²) in [5, 5.41) is 4.54. The summed E-state index contributed by atoms with van der Waals surface area (Å²) < 4.78 is 0.744. The molecule has 0 saturated carbocycles. The molecule has 1 aromatic heterocycles. The van der Waals surface area contributed by atoms with Gasteiger partial charge in [-0.05, 0) is 22.4 Å². The van der Waals surface area contributed by atoms with Crippen molar-refractivity contribution in [1.82, 2.24) is 10.3 Å². The topological polar surface area (TPSA) is 42.0 Å². The summed E-state index contributed by atoms with van der Waals surface area (Å²) in [5.41, 5.74) is 0.493. The fraction of sp³-hybridized carbons (Fsp3) is 0.500. The van der Waals surface area contributed by atoms with Crippen LogP contribution in [0.25, 0.3) is 0 Å². The van der Waals surface area contributed by atoms with Crippen LogP contribution in [0.3, 0.4) is 0 Å². The number of rotatable bonds is 4. The third-order valence-corrected chi connectivity index (χ3v) is 2.89. The summed E-state index contributed by atoms with van der Waals surface area (Å²) in [5.74, 6) is -0.0876. The first-order chi connectivity index (χ1) is 6.24. The number of nitrogens with one attached hydrogen (secondary N) is 1. The van der Waals surface area contributed by atoms with Gasteiger partial charge in [0.05, 0.1) is 0 Å². The molecule has 0 fully saturated rings. The minimum Gasteiger partial charge on any atom is -0.351 e. The van der Waals surface area contributed by atoms with E-state index >= 15 is 0 Å². The number of nitrogens with zero attached hydrogens (tertiary/aromatic N) is 1. The molecular weight excluding hydrogens is 252 g/mol. The number of aromatic nitrogens is 1. The zero-order chi connectivity index (χ0) is 9.68. The first-order valence-corrected chi connectivity index (χ1v) is 5.80. The first-order valence-electron chi connectivity index (χ1n) is 4.13. The van der Waals surface area contributed by atoms with Gasteiger partial charge in [0, 0.05) is 11.9 Å². The van der Waals surface area contributed by atoms with E-state index in [1.54, 1.807) is 5.38 Å². The van der Waals surface area contributed by atoms with E-state index < -0.39 is 0 Å². The van der Waals surface area contributed by atoms with Crippen LogP contribution in [0, 0.1) is 0 Å². The highest BCUT2D eigenvalue weighted by atomic mass is 79.9. The Morgan fingerprint density at radius 3 is 3.08 bits per heavy atom. The van der Waals surface area contributed by atoms with Gasteiger partial charge in [-0.25, -0.2) is 4.98 Å². The zero-order valence-corrected chi connectivity index (χ0v) is 9.74. The predicted octanol–water partition coefficient (Wildman–Crippen LogP) is 2.44. The number of halogens is 1. The van der Waals surface area contributed by atoms with E-state index in [0.717, 1.165) is 23.3 Å². The third-order valence-electron chi connectivity index (χ3n) is 1.52. The van der Waals surface area contributed by atoms with Crippen molar-refractivity contribution in [2.24, 2.45) is 0 Å². The molecule has 0 spiro atoms. The maximum Gasteiger partial charge on any atom is 0.270 e. The number of hydrogen-bond acceptors (Lipinski definition) is 3. The molecule has 0 saturated heterocycles. The van der Waals surface area contributed by atoms with Crippen LogP contribution in [0.15, 0.2) is 9.30 Å². The van der Waals surface area contributed by atoms with Crippen LogP contribution in [0.4, 0.5) is 0 Å². The predicted molar refractivity (Wildman–Crippen MR) is 57.1 cm³/mol. The van der Waals surface area contributed by atoms with Crippen LogP contribution < -0.4 is 5.32 Å². The smallest absolute Gasteiger partial charge is 0.270 e. The molecule has 1 heterocycles. The third kappa shape index (κ3) is 3.44. The minimum absolute atomic E-state index is 0.0876. The molecule has 0 aromatic carbocycles. The lowest BCUT2D eigenvalue weighted by Gasteiger charge is -1.99. The second-order valence-corrected chi connectivity index (χ2v) is 4.73. The Labute approximate surface area is 89.7 Å². The van der Waals surface area contributed by atoms with Crippen molar-refractivity contribution in [3.8, 4) is 0 Å². The van der Waals surface area contributed by atoms with Gasteiger partial charge < -0.3 is 5.32 Å². The maximum atomic E-state index is 11.3. The zero-order valence-electron chi connectivity index (χ0n) is 7.34. The average Bonchev–Trinajstić information content (AvgIpc) is 2.52. The van der Waals surface area contributed by atoms with Gasteiger partial charge in [0.1, 0.15) is 5.69 Å². The molecule has 0 unspecified atom stereocenters. The van der Waals surface area contributed by atoms with Crippen LogP contribution in [0.2, 0.25) is 0 Å². The highest BCUT2D eigenvalue weighted by molar-refractivity contribution is 9.11. The van der Waals surface area contributed by atoms with Crippen molar-refractivity contribution < 1.29 is 4.79 Å². The Hall–Kier alpha value is -0.420. The molecule has 1 rings (SSSR count). The molecule has 5 heteroatoms. The van der Waals surface area contributed by atoms with Crippen molar-refractivity contribution >= 4 is 33.2 Å². The van der Waals surface area contributed by atoms with Crippen LogP contribution in [0.1, 0.15) is 30.3 Å². The number of carbonyl (C=O) groups excluding carboxylic acids is 1. The lowest BCUT2D eigenvalue weighted by atomic mass is 10.3.